The van der Waals surface area contributed by atoms with Gasteiger partial charge >= 0.3 is 12.2 Å². The molecule has 4 fully saturated rings. The zero-order chi connectivity index (χ0) is 31.5. The summed E-state index contributed by atoms with van der Waals surface area (Å²) in [5.41, 5.74) is 6.27. The maximum Gasteiger partial charge on any atom is 0.301 e. The van der Waals surface area contributed by atoms with Crippen molar-refractivity contribution in [3.63, 3.8) is 0 Å². The topological polar surface area (TPSA) is 15.3 Å². The van der Waals surface area contributed by atoms with Crippen molar-refractivity contribution in [1.82, 2.24) is 10.2 Å². The van der Waals surface area contributed by atoms with Crippen molar-refractivity contribution >= 4 is 15.9 Å². The van der Waals surface area contributed by atoms with E-state index in [0.29, 0.717) is 23.8 Å². The maximum atomic E-state index is 12.9. The minimum absolute atomic E-state index is 0. The Bertz CT molecular complexity index is 1320. The molecule has 2 aromatic carbocycles. The molecule has 2 aliphatic carbocycles. The molecular formula is C34H43BrF6N2. The second-order valence-corrected chi connectivity index (χ2v) is 13.5. The Labute approximate surface area is 261 Å². The van der Waals surface area contributed by atoms with Gasteiger partial charge in [0.2, 0.25) is 0 Å². The van der Waals surface area contributed by atoms with Crippen molar-refractivity contribution in [1.29, 1.82) is 0 Å². The molecule has 6 rings (SSSR count). The fourth-order valence-electron chi connectivity index (χ4n) is 7.29. The molecule has 4 unspecified atom stereocenters. The third-order valence-corrected chi connectivity index (χ3v) is 10.5. The van der Waals surface area contributed by atoms with Crippen LogP contribution in [0.3, 0.4) is 0 Å². The Morgan fingerprint density at radius 2 is 1.21 bits per heavy atom. The quantitative estimate of drug-likeness (QED) is 0.233. The van der Waals surface area contributed by atoms with Crippen LogP contribution in [0, 0.1) is 37.5 Å². The van der Waals surface area contributed by atoms with Crippen molar-refractivity contribution in [3.05, 3.63) is 94.6 Å². The van der Waals surface area contributed by atoms with Gasteiger partial charge in [-0.1, -0.05) is 89.4 Å². The Hall–Kier alpha value is -2.10. The Kier molecular flexibility index (Phi) is 10.9. The molecule has 0 spiro atoms. The van der Waals surface area contributed by atoms with Gasteiger partial charge in [0, 0.05) is 50.1 Å². The molecule has 1 N–H and O–H groups in total. The van der Waals surface area contributed by atoms with E-state index in [2.05, 4.69) is 102 Å². The van der Waals surface area contributed by atoms with E-state index >= 15 is 0 Å². The third kappa shape index (κ3) is 7.42. The van der Waals surface area contributed by atoms with Gasteiger partial charge in [0.1, 0.15) is 0 Å². The van der Waals surface area contributed by atoms with Gasteiger partial charge in [-0.2, -0.15) is 17.6 Å². The Balaban J connectivity index is 0.000000199. The van der Waals surface area contributed by atoms with Crippen LogP contribution in [0.5, 0.6) is 0 Å². The van der Waals surface area contributed by atoms with Crippen molar-refractivity contribution in [2.45, 2.75) is 51.4 Å². The van der Waals surface area contributed by atoms with Crippen molar-refractivity contribution in [2.75, 3.05) is 38.1 Å². The minimum atomic E-state index is -2.22. The van der Waals surface area contributed by atoms with E-state index in [1.54, 1.807) is 5.56 Å². The van der Waals surface area contributed by atoms with Crippen molar-refractivity contribution in [3.8, 4) is 0 Å². The predicted octanol–water partition coefficient (Wildman–Crippen LogP) is 9.48. The summed E-state index contributed by atoms with van der Waals surface area (Å²) in [6.07, 6.45) is -4.81. The van der Waals surface area contributed by atoms with Crippen LogP contribution in [0.4, 0.5) is 26.3 Å². The van der Waals surface area contributed by atoms with E-state index in [-0.39, 0.29) is 25.0 Å². The van der Waals surface area contributed by atoms with Gasteiger partial charge in [-0.15, -0.1) is 0 Å². The van der Waals surface area contributed by atoms with Crippen LogP contribution in [-0.2, 0) is 10.8 Å². The molecule has 2 aromatic rings. The fourth-order valence-corrected chi connectivity index (χ4v) is 7.64. The standard InChI is InChI=1S/C17H20F3N.C13H17N.C4H4BrF3.H2/c1-11-4-3-5-12(8-11)17(2)13-9-21(10-14(13)17)7-6-15(18)16(19)20;1-9-4-3-5-10(6-9)13(2)11-7-14-8-12(11)13;5-2-1-3(6)4(7)8;/h3-5,8,13-14H,6-7,9-10H2,1-2H3;3-6,11-12,14H,7-8H2,1-2H3;1-2H2;1H. The molecule has 0 bridgehead atoms. The van der Waals surface area contributed by atoms with E-state index in [1.165, 1.54) is 29.8 Å². The van der Waals surface area contributed by atoms with Crippen molar-refractivity contribution < 1.29 is 27.8 Å². The number of piperidine rings is 2. The van der Waals surface area contributed by atoms with Crippen LogP contribution < -0.4 is 5.32 Å². The monoisotopic (exact) mass is 672 g/mol. The number of nitrogens with zero attached hydrogens (tertiary/aromatic N) is 1. The van der Waals surface area contributed by atoms with E-state index in [9.17, 15) is 26.3 Å². The van der Waals surface area contributed by atoms with Gasteiger partial charge in [-0.05, 0) is 61.7 Å². The normalized spacial score (nSPS) is 29.7. The summed E-state index contributed by atoms with van der Waals surface area (Å²) >= 11 is 2.81. The molecule has 4 atom stereocenters. The van der Waals surface area contributed by atoms with Crippen molar-refractivity contribution in [2.24, 2.45) is 23.7 Å². The summed E-state index contributed by atoms with van der Waals surface area (Å²) in [5.74, 6) is 0.329. The number of fused-ring (bicyclic) bond motifs is 2. The summed E-state index contributed by atoms with van der Waals surface area (Å²) in [7, 11) is 0. The van der Waals surface area contributed by atoms with E-state index in [4.69, 9.17) is 0 Å². The van der Waals surface area contributed by atoms with Gasteiger partial charge in [0.25, 0.3) is 0 Å². The lowest BCUT2D eigenvalue weighted by atomic mass is 9.91. The number of likely N-dealkylation sites (tertiary alicyclic amines) is 1. The molecule has 2 nitrogen and oxygen atoms in total. The molecular weight excluding hydrogens is 630 g/mol. The number of hydrogen-bond acceptors (Lipinski definition) is 2. The van der Waals surface area contributed by atoms with Crippen LogP contribution in [0.2, 0.25) is 0 Å². The molecule has 238 valence electrons. The number of aryl methyl sites for hydroxylation is 2. The highest BCUT2D eigenvalue weighted by atomic mass is 79.9. The van der Waals surface area contributed by atoms with Crippen LogP contribution in [0.15, 0.2) is 72.3 Å². The van der Waals surface area contributed by atoms with E-state index in [1.807, 2.05) is 0 Å². The van der Waals surface area contributed by atoms with Gasteiger partial charge in [-0.25, -0.2) is 8.78 Å². The summed E-state index contributed by atoms with van der Waals surface area (Å²) in [5, 5.41) is 3.69. The largest absolute Gasteiger partial charge is 0.316 e. The van der Waals surface area contributed by atoms with Crippen LogP contribution in [0.1, 0.15) is 50.4 Å². The van der Waals surface area contributed by atoms with Gasteiger partial charge in [-0.3, -0.25) is 0 Å². The Morgan fingerprint density at radius 1 is 0.767 bits per heavy atom. The lowest BCUT2D eigenvalue weighted by Gasteiger charge is -2.24. The minimum Gasteiger partial charge on any atom is -0.316 e. The molecule has 2 heterocycles. The zero-order valence-electron chi connectivity index (χ0n) is 25.2. The van der Waals surface area contributed by atoms with Gasteiger partial charge < -0.3 is 10.2 Å². The summed E-state index contributed by atoms with van der Waals surface area (Å²) in [6, 6.07) is 17.6. The molecule has 4 aliphatic rings. The number of nitrogens with one attached hydrogen (secondary N) is 1. The number of rotatable bonds is 7. The fraction of sp³-hybridized carbons (Fsp3) is 0.529. The second kappa shape index (κ2) is 13.9. The van der Waals surface area contributed by atoms with Crippen LogP contribution in [0.25, 0.3) is 0 Å². The van der Waals surface area contributed by atoms with E-state index < -0.39 is 23.8 Å². The van der Waals surface area contributed by atoms with Gasteiger partial charge in [0.05, 0.1) is 0 Å². The number of hydrogen-bond donors (Lipinski definition) is 1. The highest BCUT2D eigenvalue weighted by Gasteiger charge is 2.65. The first-order valence-corrected chi connectivity index (χ1v) is 16.0. The zero-order valence-corrected chi connectivity index (χ0v) is 26.8. The van der Waals surface area contributed by atoms with Gasteiger partial charge in [0.15, 0.2) is 11.7 Å². The second-order valence-electron chi connectivity index (χ2n) is 12.7. The lowest BCUT2D eigenvalue weighted by molar-refractivity contribution is 0.268. The third-order valence-electron chi connectivity index (χ3n) is 10.1. The SMILES string of the molecule is Cc1cccc(C2(C)C3CN(CCC(F)=C(F)F)CC32)c1.Cc1cccc(C2(C)C3CNCC32)c1.FC(F)=C(F)CCBr.[HH]. The highest BCUT2D eigenvalue weighted by Crippen LogP contribution is 2.63. The first-order chi connectivity index (χ1) is 20.3. The van der Waals surface area contributed by atoms with E-state index in [0.717, 1.165) is 24.9 Å². The molecule has 2 saturated heterocycles. The first-order valence-electron chi connectivity index (χ1n) is 14.9. The Morgan fingerprint density at radius 3 is 1.60 bits per heavy atom. The molecule has 0 aromatic heterocycles. The lowest BCUT2D eigenvalue weighted by Crippen LogP contribution is -2.30. The number of benzene rings is 2. The predicted molar refractivity (Wildman–Crippen MR) is 166 cm³/mol. The summed E-state index contributed by atoms with van der Waals surface area (Å²) in [4.78, 5) is 2.11. The highest BCUT2D eigenvalue weighted by molar-refractivity contribution is 9.09. The average molecular weight is 674 g/mol. The first kappa shape index (κ1) is 33.8. The molecule has 0 amide bonds. The summed E-state index contributed by atoms with van der Waals surface area (Å²) < 4.78 is 70.8. The molecule has 9 heteroatoms. The number of allylic oxidation sites excluding steroid dienone is 1. The number of halogens is 7. The number of alkyl halides is 1. The molecule has 0 radical (unpaired) electrons. The average Bonchev–Trinajstić information content (AvgIpc) is 3.46. The molecule has 2 saturated carbocycles. The molecule has 2 aliphatic heterocycles. The van der Waals surface area contributed by atoms with Crippen LogP contribution in [-0.4, -0.2) is 43.0 Å². The smallest absolute Gasteiger partial charge is 0.301 e. The summed E-state index contributed by atoms with van der Waals surface area (Å²) in [6.45, 7) is 13.6. The maximum absolute atomic E-state index is 12.9. The van der Waals surface area contributed by atoms with Crippen LogP contribution >= 0.6 is 15.9 Å². The molecule has 43 heavy (non-hydrogen) atoms.